The standard InChI is InChI=1S/C18H25ClN4O.HI/c1-4-10-20-17(21-12-16(24)23(2)3)22-13-18(8-9-18)14-6-5-7-15(19)11-14;/h4-7,11H,1,8-10,12-13H2,2-3H3,(H2,20,21,22);1H. The van der Waals surface area contributed by atoms with E-state index >= 15 is 0 Å². The van der Waals surface area contributed by atoms with Gasteiger partial charge in [0.05, 0.1) is 0 Å². The molecule has 1 aromatic rings. The first-order chi connectivity index (χ1) is 11.5. The first kappa shape index (κ1) is 21.8. The molecule has 0 aromatic heterocycles. The number of rotatable bonds is 7. The number of amides is 1. The number of halogens is 2. The summed E-state index contributed by atoms with van der Waals surface area (Å²) in [7, 11) is 3.45. The van der Waals surface area contributed by atoms with Gasteiger partial charge < -0.3 is 15.5 Å². The summed E-state index contributed by atoms with van der Waals surface area (Å²) in [6, 6.07) is 8.02. The van der Waals surface area contributed by atoms with Crippen LogP contribution in [0.5, 0.6) is 0 Å². The number of carbonyl (C=O) groups excluding carboxylic acids is 1. The van der Waals surface area contributed by atoms with Crippen LogP contribution in [0, 0.1) is 0 Å². The number of hydrogen-bond acceptors (Lipinski definition) is 2. The van der Waals surface area contributed by atoms with Crippen molar-refractivity contribution in [2.45, 2.75) is 18.3 Å². The van der Waals surface area contributed by atoms with Crippen LogP contribution in [0.15, 0.2) is 41.9 Å². The summed E-state index contributed by atoms with van der Waals surface area (Å²) in [6.45, 7) is 5.16. The van der Waals surface area contributed by atoms with E-state index in [2.05, 4.69) is 28.3 Å². The molecule has 2 N–H and O–H groups in total. The molecule has 0 bridgehead atoms. The van der Waals surface area contributed by atoms with Crippen molar-refractivity contribution in [2.75, 3.05) is 33.7 Å². The SMILES string of the molecule is C=CCNC(=NCC(=O)N(C)C)NCC1(c2cccc(Cl)c2)CC1.I. The minimum absolute atomic E-state index is 0. The highest BCUT2D eigenvalue weighted by Crippen LogP contribution is 2.48. The minimum Gasteiger partial charge on any atom is -0.355 e. The van der Waals surface area contributed by atoms with Crippen LogP contribution >= 0.6 is 35.6 Å². The average Bonchev–Trinajstić information content (AvgIpc) is 3.35. The summed E-state index contributed by atoms with van der Waals surface area (Å²) in [5.74, 6) is 0.587. The summed E-state index contributed by atoms with van der Waals surface area (Å²) in [5, 5.41) is 7.26. The summed E-state index contributed by atoms with van der Waals surface area (Å²) in [6.07, 6.45) is 3.99. The molecule has 5 nitrogen and oxygen atoms in total. The normalized spacial score (nSPS) is 14.9. The minimum atomic E-state index is -0.0364. The second-order valence-electron chi connectivity index (χ2n) is 6.27. The zero-order chi connectivity index (χ0) is 17.6. The van der Waals surface area contributed by atoms with Gasteiger partial charge in [0.2, 0.25) is 5.91 Å². The third kappa shape index (κ3) is 6.51. The Labute approximate surface area is 171 Å². The molecule has 1 saturated carbocycles. The van der Waals surface area contributed by atoms with Gasteiger partial charge in [0.15, 0.2) is 5.96 Å². The molecular weight excluding hydrogens is 451 g/mol. The van der Waals surface area contributed by atoms with E-state index in [1.54, 1.807) is 20.2 Å². The largest absolute Gasteiger partial charge is 0.355 e. The van der Waals surface area contributed by atoms with Crippen LogP contribution in [0.25, 0.3) is 0 Å². The van der Waals surface area contributed by atoms with Gasteiger partial charge in [0.1, 0.15) is 6.54 Å². The number of carbonyl (C=O) groups is 1. The molecule has 2 rings (SSSR count). The molecular formula is C18H26ClIN4O. The van der Waals surface area contributed by atoms with E-state index < -0.39 is 0 Å². The molecule has 7 heteroatoms. The van der Waals surface area contributed by atoms with Crippen molar-refractivity contribution in [1.29, 1.82) is 0 Å². The Bertz CT molecular complexity index is 629. The number of likely N-dealkylation sites (N-methyl/N-ethyl adjacent to an activating group) is 1. The van der Waals surface area contributed by atoms with Gasteiger partial charge in [-0.3, -0.25) is 4.79 Å². The zero-order valence-electron chi connectivity index (χ0n) is 14.7. The highest BCUT2D eigenvalue weighted by Gasteiger charge is 2.44. The second-order valence-corrected chi connectivity index (χ2v) is 6.70. The first-order valence-corrected chi connectivity index (χ1v) is 8.44. The molecule has 0 spiro atoms. The Morgan fingerprint density at radius 2 is 2.12 bits per heavy atom. The Kier molecular flexibility index (Phi) is 8.71. The predicted molar refractivity (Wildman–Crippen MR) is 115 cm³/mol. The first-order valence-electron chi connectivity index (χ1n) is 8.06. The monoisotopic (exact) mass is 476 g/mol. The Morgan fingerprint density at radius 1 is 1.40 bits per heavy atom. The lowest BCUT2D eigenvalue weighted by atomic mass is 9.96. The molecule has 1 aromatic carbocycles. The van der Waals surface area contributed by atoms with E-state index in [0.29, 0.717) is 12.5 Å². The molecule has 0 atom stereocenters. The predicted octanol–water partition coefficient (Wildman–Crippen LogP) is 2.80. The highest BCUT2D eigenvalue weighted by atomic mass is 127. The molecule has 0 saturated heterocycles. The zero-order valence-corrected chi connectivity index (χ0v) is 17.8. The maximum Gasteiger partial charge on any atom is 0.243 e. The fraction of sp³-hybridized carbons (Fsp3) is 0.444. The van der Waals surface area contributed by atoms with Crippen molar-refractivity contribution in [3.63, 3.8) is 0 Å². The van der Waals surface area contributed by atoms with Gasteiger partial charge >= 0.3 is 0 Å². The second kappa shape index (κ2) is 10.0. The molecule has 0 heterocycles. The smallest absolute Gasteiger partial charge is 0.243 e. The van der Waals surface area contributed by atoms with E-state index in [9.17, 15) is 4.79 Å². The van der Waals surface area contributed by atoms with E-state index in [0.717, 1.165) is 24.4 Å². The average molecular weight is 477 g/mol. The molecule has 0 radical (unpaired) electrons. The molecule has 0 unspecified atom stereocenters. The van der Waals surface area contributed by atoms with Crippen LogP contribution in [0.3, 0.4) is 0 Å². The summed E-state index contributed by atoms with van der Waals surface area (Å²) < 4.78 is 0. The van der Waals surface area contributed by atoms with Gasteiger partial charge in [-0.25, -0.2) is 4.99 Å². The van der Waals surface area contributed by atoms with Crippen LogP contribution in [-0.4, -0.2) is 50.5 Å². The lowest BCUT2D eigenvalue weighted by Gasteiger charge is -2.19. The topological polar surface area (TPSA) is 56.7 Å². The lowest BCUT2D eigenvalue weighted by molar-refractivity contribution is -0.127. The van der Waals surface area contributed by atoms with Crippen molar-refractivity contribution in [2.24, 2.45) is 4.99 Å². The fourth-order valence-corrected chi connectivity index (χ4v) is 2.61. The summed E-state index contributed by atoms with van der Waals surface area (Å²) in [4.78, 5) is 17.6. The number of nitrogens with zero attached hydrogens (tertiary/aromatic N) is 2. The highest BCUT2D eigenvalue weighted by molar-refractivity contribution is 14.0. The lowest BCUT2D eigenvalue weighted by Crippen LogP contribution is -2.42. The van der Waals surface area contributed by atoms with E-state index in [1.165, 1.54) is 10.5 Å². The molecule has 1 aliphatic carbocycles. The molecule has 1 amide bonds. The third-order valence-electron chi connectivity index (χ3n) is 4.17. The fourth-order valence-electron chi connectivity index (χ4n) is 2.42. The van der Waals surface area contributed by atoms with Crippen LogP contribution in [0.4, 0.5) is 0 Å². The van der Waals surface area contributed by atoms with Crippen molar-refractivity contribution >= 4 is 47.4 Å². The van der Waals surface area contributed by atoms with Crippen LogP contribution in [0.1, 0.15) is 18.4 Å². The van der Waals surface area contributed by atoms with Crippen molar-refractivity contribution in [1.82, 2.24) is 15.5 Å². The van der Waals surface area contributed by atoms with Crippen molar-refractivity contribution in [3.05, 3.63) is 47.5 Å². The summed E-state index contributed by atoms with van der Waals surface area (Å²) >= 11 is 6.11. The number of nitrogens with one attached hydrogen (secondary N) is 2. The quantitative estimate of drug-likeness (QED) is 0.275. The number of benzene rings is 1. The number of hydrogen-bond donors (Lipinski definition) is 2. The van der Waals surface area contributed by atoms with Gasteiger partial charge in [0.25, 0.3) is 0 Å². The Balaban J connectivity index is 0.00000312. The molecule has 1 fully saturated rings. The van der Waals surface area contributed by atoms with E-state index in [1.807, 2.05) is 18.2 Å². The molecule has 1 aliphatic rings. The molecule has 25 heavy (non-hydrogen) atoms. The number of aliphatic imine (C=N–C) groups is 1. The van der Waals surface area contributed by atoms with Gasteiger partial charge in [-0.2, -0.15) is 0 Å². The van der Waals surface area contributed by atoms with Crippen LogP contribution < -0.4 is 10.6 Å². The third-order valence-corrected chi connectivity index (χ3v) is 4.40. The van der Waals surface area contributed by atoms with Gasteiger partial charge in [0, 0.05) is 37.6 Å². The van der Waals surface area contributed by atoms with Gasteiger partial charge in [-0.1, -0.05) is 29.8 Å². The van der Waals surface area contributed by atoms with Crippen molar-refractivity contribution < 1.29 is 4.79 Å². The Hall–Kier alpha value is -1.28. The maximum absolute atomic E-state index is 11.7. The van der Waals surface area contributed by atoms with Crippen LogP contribution in [-0.2, 0) is 10.2 Å². The molecule has 0 aliphatic heterocycles. The van der Waals surface area contributed by atoms with E-state index in [4.69, 9.17) is 11.6 Å². The van der Waals surface area contributed by atoms with Crippen LogP contribution in [0.2, 0.25) is 5.02 Å². The van der Waals surface area contributed by atoms with Gasteiger partial charge in [-0.05, 0) is 30.5 Å². The number of guanidine groups is 1. The Morgan fingerprint density at radius 3 is 2.68 bits per heavy atom. The van der Waals surface area contributed by atoms with Crippen molar-refractivity contribution in [3.8, 4) is 0 Å². The molecule has 138 valence electrons. The van der Waals surface area contributed by atoms with Gasteiger partial charge in [-0.15, -0.1) is 30.6 Å². The maximum atomic E-state index is 11.7. The van der Waals surface area contributed by atoms with E-state index in [-0.39, 0.29) is 41.8 Å². The summed E-state index contributed by atoms with van der Waals surface area (Å²) in [5.41, 5.74) is 1.35.